The van der Waals surface area contributed by atoms with E-state index in [1.54, 1.807) is 18.2 Å². The van der Waals surface area contributed by atoms with Gasteiger partial charge in [0, 0.05) is 17.0 Å². The van der Waals surface area contributed by atoms with Crippen LogP contribution in [0.5, 0.6) is 0 Å². The molecule has 1 aliphatic rings. The fraction of sp³-hybridized carbons (Fsp3) is 0.250. The molecule has 0 radical (unpaired) electrons. The van der Waals surface area contributed by atoms with Crippen LogP contribution in [0.2, 0.25) is 5.02 Å². The molecule has 3 aromatic rings. The molecule has 0 saturated carbocycles. The van der Waals surface area contributed by atoms with Crippen LogP contribution in [-0.2, 0) is 4.79 Å². The van der Waals surface area contributed by atoms with Crippen molar-refractivity contribution in [3.63, 3.8) is 0 Å². The third-order valence-corrected chi connectivity index (χ3v) is 5.68. The lowest BCUT2D eigenvalue weighted by Crippen LogP contribution is -2.33. The summed E-state index contributed by atoms with van der Waals surface area (Å²) in [6.45, 7) is 1.03. The molecule has 166 valence electrons. The highest BCUT2D eigenvalue weighted by atomic mass is 35.5. The van der Waals surface area contributed by atoms with Crippen LogP contribution in [0.15, 0.2) is 64.3 Å². The molecule has 0 bridgehead atoms. The molecular formula is C24H22ClFN2O4. The van der Waals surface area contributed by atoms with Gasteiger partial charge in [-0.2, -0.15) is 0 Å². The Hall–Kier alpha value is -3.16. The van der Waals surface area contributed by atoms with E-state index in [9.17, 15) is 19.1 Å². The molecule has 0 spiro atoms. The number of aliphatic hydroxyl groups is 1. The number of nitrogens with zero attached hydrogens (tertiary/aromatic N) is 2. The van der Waals surface area contributed by atoms with E-state index in [4.69, 9.17) is 16.0 Å². The number of halogens is 2. The second-order valence-corrected chi connectivity index (χ2v) is 8.43. The number of rotatable bonds is 7. The van der Waals surface area contributed by atoms with Crippen LogP contribution in [0.1, 0.15) is 28.6 Å². The van der Waals surface area contributed by atoms with Crippen LogP contribution < -0.4 is 0 Å². The molecule has 6 nitrogen and oxygen atoms in total. The lowest BCUT2D eigenvalue weighted by molar-refractivity contribution is -0.129. The maximum atomic E-state index is 13.5. The zero-order valence-corrected chi connectivity index (χ0v) is 18.4. The Morgan fingerprint density at radius 1 is 1.19 bits per heavy atom. The summed E-state index contributed by atoms with van der Waals surface area (Å²) in [6, 6.07) is 11.2. The van der Waals surface area contributed by atoms with Crippen LogP contribution in [-0.4, -0.2) is 53.8 Å². The Morgan fingerprint density at radius 2 is 1.91 bits per heavy atom. The second kappa shape index (κ2) is 8.76. The Bertz CT molecular complexity index is 1220. The monoisotopic (exact) mass is 456 g/mol. The van der Waals surface area contributed by atoms with E-state index in [-0.39, 0.29) is 11.3 Å². The molecule has 0 saturated heterocycles. The normalized spacial score (nSPS) is 16.6. The minimum Gasteiger partial charge on any atom is -0.503 e. The van der Waals surface area contributed by atoms with E-state index in [2.05, 4.69) is 0 Å². The summed E-state index contributed by atoms with van der Waals surface area (Å²) < 4.78 is 19.2. The average molecular weight is 457 g/mol. The number of aliphatic hydroxyl groups excluding tert-OH is 1. The fourth-order valence-corrected chi connectivity index (χ4v) is 4.10. The summed E-state index contributed by atoms with van der Waals surface area (Å²) in [4.78, 5) is 29.8. The van der Waals surface area contributed by atoms with Crippen molar-refractivity contribution in [2.45, 2.75) is 12.5 Å². The highest BCUT2D eigenvalue weighted by Gasteiger charge is 2.44. The van der Waals surface area contributed by atoms with E-state index in [0.29, 0.717) is 41.1 Å². The number of Topliss-reactive ketones (excluding diaryl/α,β-unsaturated/α-hetero) is 1. The number of furan rings is 1. The standard InChI is InChI=1S/C24H22ClFN2O4/c1-27(2)10-3-11-28-21(14-4-7-17(26)8-5-14)20(23(30)24(28)31)22(29)19-13-15-12-16(25)6-9-18(15)32-19/h4-9,12-13,21,30H,3,10-11H2,1-2H3. The molecule has 2 heterocycles. The van der Waals surface area contributed by atoms with Gasteiger partial charge in [0.1, 0.15) is 11.4 Å². The zero-order valence-electron chi connectivity index (χ0n) is 17.6. The van der Waals surface area contributed by atoms with Crippen molar-refractivity contribution in [1.29, 1.82) is 0 Å². The SMILES string of the molecule is CN(C)CCCN1C(=O)C(O)=C(C(=O)c2cc3cc(Cl)ccc3o2)C1c1ccc(F)cc1. The van der Waals surface area contributed by atoms with E-state index >= 15 is 0 Å². The third kappa shape index (κ3) is 4.13. The highest BCUT2D eigenvalue weighted by Crippen LogP contribution is 2.39. The van der Waals surface area contributed by atoms with Crippen molar-refractivity contribution in [1.82, 2.24) is 9.80 Å². The van der Waals surface area contributed by atoms with Gasteiger partial charge >= 0.3 is 0 Å². The maximum Gasteiger partial charge on any atom is 0.290 e. The van der Waals surface area contributed by atoms with Gasteiger partial charge in [0.15, 0.2) is 11.5 Å². The van der Waals surface area contributed by atoms with Gasteiger partial charge in [0.25, 0.3) is 5.91 Å². The molecule has 1 amide bonds. The molecule has 1 N–H and O–H groups in total. The first-order valence-electron chi connectivity index (χ1n) is 10.1. The number of hydrogen-bond donors (Lipinski definition) is 1. The second-order valence-electron chi connectivity index (χ2n) is 7.99. The van der Waals surface area contributed by atoms with Gasteiger partial charge < -0.3 is 19.3 Å². The van der Waals surface area contributed by atoms with Crippen molar-refractivity contribution >= 4 is 34.3 Å². The Balaban J connectivity index is 1.74. The first kappa shape index (κ1) is 22.0. The van der Waals surface area contributed by atoms with Gasteiger partial charge in [-0.15, -0.1) is 0 Å². The minimum atomic E-state index is -0.852. The molecule has 1 atom stereocenters. The summed E-state index contributed by atoms with van der Waals surface area (Å²) in [6.07, 6.45) is 0.633. The summed E-state index contributed by atoms with van der Waals surface area (Å²) in [7, 11) is 3.84. The quantitative estimate of drug-likeness (QED) is 0.519. The number of carbonyl (C=O) groups excluding carboxylic acids is 2. The molecule has 1 aromatic heterocycles. The smallest absolute Gasteiger partial charge is 0.290 e. The van der Waals surface area contributed by atoms with Crippen LogP contribution in [0, 0.1) is 5.82 Å². The summed E-state index contributed by atoms with van der Waals surface area (Å²) in [5.41, 5.74) is 0.899. The number of carbonyl (C=O) groups is 2. The Kier molecular flexibility index (Phi) is 6.04. The van der Waals surface area contributed by atoms with Crippen molar-refractivity contribution in [3.05, 3.63) is 82.0 Å². The largest absolute Gasteiger partial charge is 0.503 e. The highest BCUT2D eigenvalue weighted by molar-refractivity contribution is 6.31. The number of fused-ring (bicyclic) bond motifs is 1. The third-order valence-electron chi connectivity index (χ3n) is 5.44. The van der Waals surface area contributed by atoms with E-state index in [1.807, 2.05) is 19.0 Å². The predicted octanol–water partition coefficient (Wildman–Crippen LogP) is 4.76. The minimum absolute atomic E-state index is 0.0149. The molecule has 2 aromatic carbocycles. The topological polar surface area (TPSA) is 74.0 Å². The van der Waals surface area contributed by atoms with E-state index in [1.165, 1.54) is 35.2 Å². The summed E-state index contributed by atoms with van der Waals surface area (Å²) >= 11 is 6.02. The molecule has 32 heavy (non-hydrogen) atoms. The van der Waals surface area contributed by atoms with Crippen molar-refractivity contribution in [2.75, 3.05) is 27.2 Å². The number of hydrogen-bond acceptors (Lipinski definition) is 5. The van der Waals surface area contributed by atoms with Gasteiger partial charge in [-0.1, -0.05) is 23.7 Å². The molecule has 0 fully saturated rings. The van der Waals surface area contributed by atoms with Crippen LogP contribution >= 0.6 is 11.6 Å². The van der Waals surface area contributed by atoms with Gasteiger partial charge in [0.2, 0.25) is 5.78 Å². The van der Waals surface area contributed by atoms with Crippen LogP contribution in [0.25, 0.3) is 11.0 Å². The van der Waals surface area contributed by atoms with Crippen molar-refractivity contribution < 1.29 is 23.5 Å². The van der Waals surface area contributed by atoms with Crippen LogP contribution in [0.4, 0.5) is 4.39 Å². The Morgan fingerprint density at radius 3 is 2.59 bits per heavy atom. The van der Waals surface area contributed by atoms with Gasteiger partial charge in [-0.3, -0.25) is 9.59 Å². The predicted molar refractivity (Wildman–Crippen MR) is 119 cm³/mol. The zero-order chi connectivity index (χ0) is 23.0. The number of ketones is 1. The number of amides is 1. The lowest BCUT2D eigenvalue weighted by Gasteiger charge is -2.27. The number of benzene rings is 2. The molecule has 1 unspecified atom stereocenters. The van der Waals surface area contributed by atoms with E-state index in [0.717, 1.165) is 0 Å². The summed E-state index contributed by atoms with van der Waals surface area (Å²) in [5.74, 6) is -2.31. The lowest BCUT2D eigenvalue weighted by atomic mass is 9.95. The van der Waals surface area contributed by atoms with Crippen molar-refractivity contribution in [3.8, 4) is 0 Å². The first-order valence-corrected chi connectivity index (χ1v) is 10.5. The summed E-state index contributed by atoms with van der Waals surface area (Å²) in [5, 5.41) is 11.8. The molecule has 4 rings (SSSR count). The Labute approximate surface area is 189 Å². The fourth-order valence-electron chi connectivity index (χ4n) is 3.92. The van der Waals surface area contributed by atoms with Gasteiger partial charge in [0.05, 0.1) is 11.6 Å². The molecule has 8 heteroatoms. The molecular weight excluding hydrogens is 435 g/mol. The molecule has 1 aliphatic heterocycles. The van der Waals surface area contributed by atoms with Crippen molar-refractivity contribution in [2.24, 2.45) is 0 Å². The van der Waals surface area contributed by atoms with Crippen LogP contribution in [0.3, 0.4) is 0 Å². The first-order chi connectivity index (χ1) is 15.3. The van der Waals surface area contributed by atoms with E-state index < -0.39 is 29.3 Å². The van der Waals surface area contributed by atoms with Gasteiger partial charge in [-0.25, -0.2) is 4.39 Å². The molecule has 0 aliphatic carbocycles. The average Bonchev–Trinajstić information content (AvgIpc) is 3.27. The maximum absolute atomic E-state index is 13.5. The van der Waals surface area contributed by atoms with Gasteiger partial charge in [-0.05, 0) is 69.0 Å².